The second-order valence-electron chi connectivity index (χ2n) is 14.8. The number of benzene rings is 4. The minimum absolute atomic E-state index is 0.0369. The van der Waals surface area contributed by atoms with Crippen LogP contribution in [0.5, 0.6) is 0 Å². The molecule has 2 N–H and O–H groups in total. The lowest BCUT2D eigenvalue weighted by Gasteiger charge is -2.28. The number of hydrogen-bond donors (Lipinski definition) is 2. The topological polar surface area (TPSA) is 57.4 Å². The maximum Gasteiger partial charge on any atom is 0.0737 e. The van der Waals surface area contributed by atoms with E-state index < -0.39 is 0 Å². The molecule has 0 saturated carbocycles. The van der Waals surface area contributed by atoms with Crippen LogP contribution in [-0.4, -0.2) is 19.9 Å². The highest BCUT2D eigenvalue weighted by Gasteiger charge is 2.35. The molecule has 3 aliphatic heterocycles. The van der Waals surface area contributed by atoms with E-state index in [0.29, 0.717) is 0 Å². The van der Waals surface area contributed by atoms with E-state index in [4.69, 9.17) is 9.97 Å². The molecule has 0 radical (unpaired) electrons. The highest BCUT2D eigenvalue weighted by atomic mass is 14.8. The van der Waals surface area contributed by atoms with Gasteiger partial charge in [0.1, 0.15) is 0 Å². The fraction of sp³-hybridized carbons (Fsp3) is 0.125. The molecule has 0 saturated heterocycles. The van der Waals surface area contributed by atoms with Crippen LogP contribution in [-0.2, 0) is 6.42 Å². The molecule has 0 fully saturated rings. The van der Waals surface area contributed by atoms with Crippen molar-refractivity contribution in [3.05, 3.63) is 168 Å². The number of hydrogen-bond acceptors (Lipinski definition) is 2. The van der Waals surface area contributed by atoms with Crippen LogP contribution in [0.1, 0.15) is 60.9 Å². The lowest BCUT2D eigenvalue weighted by molar-refractivity contribution is 0.324. The van der Waals surface area contributed by atoms with Crippen molar-refractivity contribution in [1.82, 2.24) is 19.9 Å². The molecular weight excluding hydrogens is 633 g/mol. The Morgan fingerprint density at radius 2 is 0.808 bits per heavy atom. The molecule has 252 valence electrons. The third-order valence-electron chi connectivity index (χ3n) is 10.4. The number of fused-ring (bicyclic) bond motifs is 8. The van der Waals surface area contributed by atoms with Crippen LogP contribution in [0.15, 0.2) is 133 Å². The quantitative estimate of drug-likeness (QED) is 0.195. The van der Waals surface area contributed by atoms with Gasteiger partial charge in [0.15, 0.2) is 0 Å². The Bertz CT molecular complexity index is 2550. The standard InChI is InChI=1S/C48H40N4/c1-48(2,3)35-30-42-45(33-20-12-6-13-21-33)40-27-26-38(50-40)43(31-16-8-4-9-17-31)36-24-25-37(49-36)44(32-18-10-5-11-19-32)39-28-29-41(51-39)46(47(35)52-42)34-22-14-7-15-23-34/h4-29,35,49,52H,30H2,1-3H3. The lowest BCUT2D eigenvalue weighted by Crippen LogP contribution is -2.18. The molecule has 4 aromatic carbocycles. The molecule has 0 spiro atoms. The van der Waals surface area contributed by atoms with Crippen LogP contribution in [0.4, 0.5) is 0 Å². The zero-order valence-electron chi connectivity index (χ0n) is 29.7. The lowest BCUT2D eigenvalue weighted by atomic mass is 9.75. The van der Waals surface area contributed by atoms with E-state index in [0.717, 1.165) is 84.7 Å². The van der Waals surface area contributed by atoms with Crippen molar-refractivity contribution in [2.45, 2.75) is 33.1 Å². The number of nitrogens with one attached hydrogen (secondary N) is 2. The summed E-state index contributed by atoms with van der Waals surface area (Å²) >= 11 is 0. The first-order valence-electron chi connectivity index (χ1n) is 18.1. The summed E-state index contributed by atoms with van der Waals surface area (Å²) in [6.07, 6.45) is 9.59. The average Bonchev–Trinajstić information content (AvgIpc) is 4.00. The maximum absolute atomic E-state index is 5.50. The van der Waals surface area contributed by atoms with Gasteiger partial charge in [-0.25, -0.2) is 9.97 Å². The number of aromatic nitrogens is 4. The van der Waals surface area contributed by atoms with Gasteiger partial charge in [-0.3, -0.25) is 0 Å². The van der Waals surface area contributed by atoms with Crippen LogP contribution >= 0.6 is 0 Å². The molecule has 0 aliphatic carbocycles. The Balaban J connectivity index is 1.50. The second-order valence-corrected chi connectivity index (χ2v) is 14.8. The Hall–Kier alpha value is -6.26. The van der Waals surface area contributed by atoms with Gasteiger partial charge in [-0.15, -0.1) is 0 Å². The molecule has 9 rings (SSSR count). The predicted octanol–water partition coefficient (Wildman–Crippen LogP) is 12.4. The van der Waals surface area contributed by atoms with Gasteiger partial charge in [-0.05, 0) is 70.5 Å². The summed E-state index contributed by atoms with van der Waals surface area (Å²) in [4.78, 5) is 18.9. The molecule has 2 aromatic heterocycles. The first-order valence-corrected chi connectivity index (χ1v) is 18.1. The Labute approximate surface area is 305 Å². The van der Waals surface area contributed by atoms with Gasteiger partial charge in [0.2, 0.25) is 0 Å². The molecule has 3 aliphatic rings. The summed E-state index contributed by atoms with van der Waals surface area (Å²) in [5, 5.41) is 0. The zero-order chi connectivity index (χ0) is 35.2. The average molecular weight is 673 g/mol. The van der Waals surface area contributed by atoms with Gasteiger partial charge in [0.25, 0.3) is 0 Å². The molecule has 6 aromatic rings. The molecule has 4 heteroatoms. The van der Waals surface area contributed by atoms with Crippen LogP contribution in [0.25, 0.3) is 79.8 Å². The number of nitrogens with zero attached hydrogens (tertiary/aromatic N) is 2. The van der Waals surface area contributed by atoms with Gasteiger partial charge in [0.05, 0.1) is 22.8 Å². The predicted molar refractivity (Wildman–Crippen MR) is 218 cm³/mol. The minimum atomic E-state index is -0.0369. The van der Waals surface area contributed by atoms with Crippen LogP contribution in [0, 0.1) is 5.41 Å². The van der Waals surface area contributed by atoms with Gasteiger partial charge in [-0.1, -0.05) is 142 Å². The Morgan fingerprint density at radius 3 is 1.23 bits per heavy atom. The van der Waals surface area contributed by atoms with Crippen molar-refractivity contribution >= 4 is 35.3 Å². The highest BCUT2D eigenvalue weighted by molar-refractivity contribution is 5.96. The Kier molecular flexibility index (Phi) is 7.81. The fourth-order valence-electron chi connectivity index (χ4n) is 7.94. The monoisotopic (exact) mass is 672 g/mol. The van der Waals surface area contributed by atoms with Crippen LogP contribution < -0.4 is 0 Å². The third kappa shape index (κ3) is 5.67. The minimum Gasteiger partial charge on any atom is -0.361 e. The highest BCUT2D eigenvalue weighted by Crippen LogP contribution is 2.47. The summed E-state index contributed by atoms with van der Waals surface area (Å²) in [5.74, 6) is 0.205. The fourth-order valence-corrected chi connectivity index (χ4v) is 7.94. The van der Waals surface area contributed by atoms with Crippen molar-refractivity contribution in [3.8, 4) is 44.5 Å². The van der Waals surface area contributed by atoms with E-state index >= 15 is 0 Å². The first kappa shape index (κ1) is 31.7. The van der Waals surface area contributed by atoms with Gasteiger partial charge < -0.3 is 9.97 Å². The maximum atomic E-state index is 5.50. The molecule has 0 amide bonds. The normalized spacial score (nSPS) is 14.4. The zero-order valence-corrected chi connectivity index (χ0v) is 29.7. The van der Waals surface area contributed by atoms with E-state index in [2.05, 4.69) is 189 Å². The van der Waals surface area contributed by atoms with Crippen LogP contribution in [0.2, 0.25) is 0 Å². The van der Waals surface area contributed by atoms with E-state index in [1.807, 2.05) is 0 Å². The van der Waals surface area contributed by atoms with E-state index in [-0.39, 0.29) is 11.3 Å². The van der Waals surface area contributed by atoms with Gasteiger partial charge in [-0.2, -0.15) is 0 Å². The van der Waals surface area contributed by atoms with E-state index in [1.54, 1.807) is 0 Å². The molecule has 1 atom stereocenters. The van der Waals surface area contributed by atoms with Crippen molar-refractivity contribution in [1.29, 1.82) is 0 Å². The summed E-state index contributed by atoms with van der Waals surface area (Å²) < 4.78 is 0. The summed E-state index contributed by atoms with van der Waals surface area (Å²) in [5.41, 5.74) is 17.0. The molecule has 52 heavy (non-hydrogen) atoms. The van der Waals surface area contributed by atoms with Gasteiger partial charge >= 0.3 is 0 Å². The summed E-state index contributed by atoms with van der Waals surface area (Å²) in [6.45, 7) is 7.05. The number of rotatable bonds is 4. The Morgan fingerprint density at radius 1 is 0.442 bits per heavy atom. The molecule has 4 nitrogen and oxygen atoms in total. The first-order chi connectivity index (χ1) is 25.4. The summed E-state index contributed by atoms with van der Waals surface area (Å²) in [7, 11) is 0. The smallest absolute Gasteiger partial charge is 0.0737 e. The number of H-pyrrole nitrogens is 2. The van der Waals surface area contributed by atoms with Crippen LogP contribution in [0.3, 0.4) is 0 Å². The van der Waals surface area contributed by atoms with Crippen molar-refractivity contribution < 1.29 is 0 Å². The molecule has 8 bridgehead atoms. The second kappa shape index (κ2) is 12.8. The van der Waals surface area contributed by atoms with E-state index in [1.165, 1.54) is 11.4 Å². The van der Waals surface area contributed by atoms with E-state index in [9.17, 15) is 0 Å². The molecule has 1 unspecified atom stereocenters. The van der Waals surface area contributed by atoms with Crippen molar-refractivity contribution in [3.63, 3.8) is 0 Å². The third-order valence-corrected chi connectivity index (χ3v) is 10.4. The SMILES string of the molecule is CC(C)(C)C1Cc2[nH]c1c(-c1ccccc1)c1nc(c(-c3ccccc3)c3ccc([nH]3)c(-c3ccccc3)c3nc(c2-c2ccccc2)C=C3)C=C1. The summed E-state index contributed by atoms with van der Waals surface area (Å²) in [6, 6.07) is 47.0. The molecular formula is C48H40N4. The largest absolute Gasteiger partial charge is 0.361 e. The number of aromatic amines is 2. The van der Waals surface area contributed by atoms with Crippen molar-refractivity contribution in [2.75, 3.05) is 0 Å². The van der Waals surface area contributed by atoms with Crippen molar-refractivity contribution in [2.24, 2.45) is 5.41 Å². The molecule has 5 heterocycles. The van der Waals surface area contributed by atoms with Gasteiger partial charge in [0, 0.05) is 50.6 Å².